The molecule has 0 radical (unpaired) electrons. The lowest BCUT2D eigenvalue weighted by Crippen LogP contribution is -2.38. The van der Waals surface area contributed by atoms with E-state index < -0.39 is 12.1 Å². The van der Waals surface area contributed by atoms with E-state index >= 15 is 0 Å². The van der Waals surface area contributed by atoms with Crippen LogP contribution in [0.25, 0.3) is 0 Å². The Balaban J connectivity index is 2.18. The fourth-order valence-corrected chi connectivity index (χ4v) is 2.04. The molecule has 96 valence electrons. The lowest BCUT2D eigenvalue weighted by Gasteiger charge is -2.17. The van der Waals surface area contributed by atoms with Gasteiger partial charge in [0.25, 0.3) is 5.17 Å². The summed E-state index contributed by atoms with van der Waals surface area (Å²) in [5.74, 6) is -0.348. The fraction of sp³-hybridized carbons (Fsp3) is 0.385. The van der Waals surface area contributed by atoms with E-state index in [1.165, 1.54) is 0 Å². The Morgan fingerprint density at radius 3 is 2.67 bits per heavy atom. The summed E-state index contributed by atoms with van der Waals surface area (Å²) in [6.45, 7) is 3.62. The number of rotatable bonds is 3. The fourth-order valence-electron chi connectivity index (χ4n) is 1.81. The Morgan fingerprint density at radius 1 is 1.39 bits per heavy atom. The van der Waals surface area contributed by atoms with Crippen LogP contribution in [0.15, 0.2) is 30.3 Å². The molecule has 1 aromatic rings. The van der Waals surface area contributed by atoms with Crippen molar-refractivity contribution in [3.8, 4) is 0 Å². The molecule has 1 N–H and O–H groups in total. The van der Waals surface area contributed by atoms with Gasteiger partial charge in [-0.1, -0.05) is 30.3 Å². The summed E-state index contributed by atoms with van der Waals surface area (Å²) in [6, 6.07) is 8.91. The molecule has 0 saturated carbocycles. The molecule has 2 rings (SSSR count). The van der Waals surface area contributed by atoms with Crippen LogP contribution in [-0.4, -0.2) is 23.3 Å². The largest absolute Gasteiger partial charge is 0.461 e. The zero-order valence-corrected chi connectivity index (χ0v) is 11.1. The average Bonchev–Trinajstić information content (AvgIpc) is 2.72. The Hall–Kier alpha value is -1.62. The van der Waals surface area contributed by atoms with Crippen LogP contribution in [0.2, 0.25) is 0 Å². The van der Waals surface area contributed by atoms with E-state index in [1.54, 1.807) is 0 Å². The molecule has 4 nitrogen and oxygen atoms in total. The number of nitrogens with one attached hydrogen (secondary N) is 1. The topological polar surface area (TPSA) is 47.6 Å². The standard InChI is InChI=1S/C13H15NO3S/c1-8(2)16-12(15)10-11(17-13(18)14-10)9-6-4-3-5-7-9/h3-8,10-11H,1-2H3,(H,14,18)/t10-,11+/m1/s1. The molecule has 1 saturated heterocycles. The minimum Gasteiger partial charge on any atom is -0.461 e. The second kappa shape index (κ2) is 5.35. The molecule has 1 aliphatic heterocycles. The summed E-state index contributed by atoms with van der Waals surface area (Å²) in [5.41, 5.74) is 0.899. The van der Waals surface area contributed by atoms with Crippen molar-refractivity contribution >= 4 is 23.4 Å². The third kappa shape index (κ3) is 2.79. The molecule has 1 aromatic carbocycles. The number of hydrogen-bond donors (Lipinski definition) is 1. The van der Waals surface area contributed by atoms with E-state index in [2.05, 4.69) is 5.32 Å². The van der Waals surface area contributed by atoms with Gasteiger partial charge < -0.3 is 14.8 Å². The maximum Gasteiger partial charge on any atom is 0.333 e. The summed E-state index contributed by atoms with van der Waals surface area (Å²) in [5, 5.41) is 3.07. The third-order valence-electron chi connectivity index (χ3n) is 2.54. The molecule has 1 heterocycles. The molecular weight excluding hydrogens is 250 g/mol. The van der Waals surface area contributed by atoms with E-state index in [4.69, 9.17) is 21.7 Å². The maximum absolute atomic E-state index is 12.0. The van der Waals surface area contributed by atoms with Crippen molar-refractivity contribution in [2.24, 2.45) is 0 Å². The van der Waals surface area contributed by atoms with Crippen LogP contribution < -0.4 is 5.32 Å². The Labute approximate surface area is 111 Å². The SMILES string of the molecule is CC(C)OC(=O)[C@@H]1NC(=S)O[C@H]1c1ccccc1. The van der Waals surface area contributed by atoms with Crippen LogP contribution in [0, 0.1) is 0 Å². The Morgan fingerprint density at radius 2 is 2.06 bits per heavy atom. The number of thiocarbonyl (C=S) groups is 1. The first kappa shape index (κ1) is 12.8. The highest BCUT2D eigenvalue weighted by Gasteiger charge is 2.39. The van der Waals surface area contributed by atoms with Gasteiger partial charge in [0.2, 0.25) is 0 Å². The minimum atomic E-state index is -0.581. The van der Waals surface area contributed by atoms with Crippen molar-refractivity contribution in [3.63, 3.8) is 0 Å². The molecule has 0 unspecified atom stereocenters. The summed E-state index contributed by atoms with van der Waals surface area (Å²) < 4.78 is 10.7. The van der Waals surface area contributed by atoms with Gasteiger partial charge in [-0.05, 0) is 31.6 Å². The molecule has 2 atom stereocenters. The van der Waals surface area contributed by atoms with Gasteiger partial charge in [-0.2, -0.15) is 0 Å². The zero-order chi connectivity index (χ0) is 13.1. The number of hydrogen-bond acceptors (Lipinski definition) is 4. The second-order valence-electron chi connectivity index (χ2n) is 4.34. The van der Waals surface area contributed by atoms with Crippen molar-refractivity contribution < 1.29 is 14.3 Å². The molecule has 0 aromatic heterocycles. The molecule has 5 heteroatoms. The van der Waals surface area contributed by atoms with Gasteiger partial charge in [0.1, 0.15) is 0 Å². The molecule has 1 aliphatic rings. The molecule has 18 heavy (non-hydrogen) atoms. The van der Waals surface area contributed by atoms with Gasteiger partial charge in [-0.15, -0.1) is 0 Å². The van der Waals surface area contributed by atoms with Crippen molar-refractivity contribution in [1.29, 1.82) is 0 Å². The van der Waals surface area contributed by atoms with Crippen LogP contribution in [0.5, 0.6) is 0 Å². The van der Waals surface area contributed by atoms with Gasteiger partial charge in [-0.25, -0.2) is 4.79 Å². The first-order valence-electron chi connectivity index (χ1n) is 5.80. The zero-order valence-electron chi connectivity index (χ0n) is 10.3. The van der Waals surface area contributed by atoms with Gasteiger partial charge in [0.05, 0.1) is 6.10 Å². The number of benzene rings is 1. The molecule has 0 bridgehead atoms. The summed E-state index contributed by atoms with van der Waals surface area (Å²) in [4.78, 5) is 12.0. The van der Waals surface area contributed by atoms with Crippen molar-refractivity contribution in [3.05, 3.63) is 35.9 Å². The molecule has 0 aliphatic carbocycles. The van der Waals surface area contributed by atoms with E-state index in [0.29, 0.717) is 0 Å². The summed E-state index contributed by atoms with van der Waals surface area (Å²) in [6.07, 6.45) is -0.588. The third-order valence-corrected chi connectivity index (χ3v) is 2.76. The van der Waals surface area contributed by atoms with E-state index in [0.717, 1.165) is 5.56 Å². The maximum atomic E-state index is 12.0. The van der Waals surface area contributed by atoms with Crippen LogP contribution >= 0.6 is 12.2 Å². The van der Waals surface area contributed by atoms with Crippen LogP contribution in [-0.2, 0) is 14.3 Å². The molecule has 0 spiro atoms. The van der Waals surface area contributed by atoms with E-state index in [9.17, 15) is 4.79 Å². The first-order valence-corrected chi connectivity index (χ1v) is 6.21. The number of carbonyl (C=O) groups excluding carboxylic acids is 1. The van der Waals surface area contributed by atoms with Crippen LogP contribution in [0.4, 0.5) is 0 Å². The quantitative estimate of drug-likeness (QED) is 0.668. The first-order chi connectivity index (χ1) is 8.58. The smallest absolute Gasteiger partial charge is 0.333 e. The molecular formula is C13H15NO3S. The average molecular weight is 265 g/mol. The van der Waals surface area contributed by atoms with E-state index in [1.807, 2.05) is 44.2 Å². The van der Waals surface area contributed by atoms with Crippen LogP contribution in [0.3, 0.4) is 0 Å². The van der Waals surface area contributed by atoms with Gasteiger partial charge >= 0.3 is 5.97 Å². The van der Waals surface area contributed by atoms with Crippen molar-refractivity contribution in [2.75, 3.05) is 0 Å². The van der Waals surface area contributed by atoms with Gasteiger partial charge in [0, 0.05) is 0 Å². The highest BCUT2D eigenvalue weighted by Crippen LogP contribution is 2.27. The van der Waals surface area contributed by atoms with Gasteiger partial charge in [-0.3, -0.25) is 0 Å². The monoisotopic (exact) mass is 265 g/mol. The summed E-state index contributed by atoms with van der Waals surface area (Å²) in [7, 11) is 0. The lowest BCUT2D eigenvalue weighted by atomic mass is 10.0. The van der Waals surface area contributed by atoms with Crippen molar-refractivity contribution in [1.82, 2.24) is 5.32 Å². The molecule has 1 fully saturated rings. The van der Waals surface area contributed by atoms with Gasteiger partial charge in [0.15, 0.2) is 12.1 Å². The highest BCUT2D eigenvalue weighted by atomic mass is 32.1. The number of ether oxygens (including phenoxy) is 2. The second-order valence-corrected chi connectivity index (χ2v) is 4.72. The summed E-state index contributed by atoms with van der Waals surface area (Å²) >= 11 is 4.96. The lowest BCUT2D eigenvalue weighted by molar-refractivity contribution is -0.151. The normalized spacial score (nSPS) is 22.5. The Kier molecular flexibility index (Phi) is 3.81. The molecule has 0 amide bonds. The van der Waals surface area contributed by atoms with Crippen molar-refractivity contribution in [2.45, 2.75) is 32.1 Å². The van der Waals surface area contributed by atoms with Crippen LogP contribution in [0.1, 0.15) is 25.5 Å². The Bertz CT molecular complexity index is 447. The highest BCUT2D eigenvalue weighted by molar-refractivity contribution is 7.80. The minimum absolute atomic E-state index is 0.162. The predicted molar refractivity (Wildman–Crippen MR) is 71.0 cm³/mol. The van der Waals surface area contributed by atoms with E-state index in [-0.39, 0.29) is 17.2 Å². The predicted octanol–water partition coefficient (Wildman–Crippen LogP) is 1.95. The number of esters is 1. The number of carbonyl (C=O) groups is 1.